The van der Waals surface area contributed by atoms with Crippen LogP contribution in [0.2, 0.25) is 10.6 Å². The van der Waals surface area contributed by atoms with Crippen LogP contribution in [-0.2, 0) is 22.6 Å². The van der Waals surface area contributed by atoms with Crippen LogP contribution in [0.15, 0.2) is 12.7 Å². The van der Waals surface area contributed by atoms with E-state index in [1.54, 1.807) is 10.9 Å². The maximum atomic E-state index is 11.0. The Labute approximate surface area is 320 Å². The number of halogens is 2. The lowest BCUT2D eigenvalue weighted by Gasteiger charge is -2.30. The van der Waals surface area contributed by atoms with Crippen molar-refractivity contribution in [1.29, 1.82) is 0 Å². The molecule has 0 aromatic carbocycles. The zero-order chi connectivity index (χ0) is 38.0. The van der Waals surface area contributed by atoms with Gasteiger partial charge in [0, 0.05) is 18.5 Å². The Balaban J connectivity index is 0.867. The number of aryl methyl sites for hydroxylation is 2. The van der Waals surface area contributed by atoms with Gasteiger partial charge < -0.3 is 35.4 Å². The van der Waals surface area contributed by atoms with E-state index in [0.717, 1.165) is 25.7 Å². The van der Waals surface area contributed by atoms with Crippen LogP contribution in [-0.4, -0.2) is 125 Å². The number of aliphatic hydroxyl groups excluding tert-OH is 3. The highest BCUT2D eigenvalue weighted by Gasteiger charge is 2.47. The Hall–Kier alpha value is -4.78. The summed E-state index contributed by atoms with van der Waals surface area (Å²) in [4.78, 5) is 29.6. The number of aromatic nitrogens is 16. The fourth-order valence-electron chi connectivity index (χ4n) is 7.31. The number of rotatable bonds is 10. The summed E-state index contributed by atoms with van der Waals surface area (Å²) >= 11 is 12.8. The van der Waals surface area contributed by atoms with E-state index >= 15 is 0 Å². The second-order valence-electron chi connectivity index (χ2n) is 13.6. The number of hydrogen-bond acceptors (Lipinski definition) is 19. The summed E-state index contributed by atoms with van der Waals surface area (Å²) in [5, 5.41) is 64.2. The fourth-order valence-corrected chi connectivity index (χ4v) is 7.64. The van der Waals surface area contributed by atoms with Crippen LogP contribution in [0.5, 0.6) is 0 Å². The minimum Gasteiger partial charge on any atom is -0.388 e. The van der Waals surface area contributed by atoms with Crippen molar-refractivity contribution in [1.82, 2.24) is 79.5 Å². The van der Waals surface area contributed by atoms with Crippen molar-refractivity contribution in [2.45, 2.75) is 114 Å². The van der Waals surface area contributed by atoms with Crippen molar-refractivity contribution >= 4 is 57.2 Å². The molecule has 5 N–H and O–H groups in total. The maximum absolute atomic E-state index is 11.0. The van der Waals surface area contributed by atoms with E-state index in [0.29, 0.717) is 52.9 Å². The summed E-state index contributed by atoms with van der Waals surface area (Å²) in [6, 6.07) is 0.0732. The van der Waals surface area contributed by atoms with Crippen LogP contribution in [0, 0.1) is 0 Å². The molecule has 2 aliphatic heterocycles. The third-order valence-electron chi connectivity index (χ3n) is 10.1. The molecule has 0 amide bonds. The van der Waals surface area contributed by atoms with Gasteiger partial charge in [-0.1, -0.05) is 0 Å². The summed E-state index contributed by atoms with van der Waals surface area (Å²) in [6.45, 7) is 4.81. The predicted molar refractivity (Wildman–Crippen MR) is 189 cm³/mol. The SMILES string of the molecule is CCn1nnc([C@@H]2C[C@@H](O)C(n3cnc4c(NC5CCC(Nc6nc(Cl)nc7c6ncn7C6O[C@H](c7nnn(CC)n7)[C@@H](O)[C@H]6O)CC5)nc(Cl)nc43)O2)n1. The molecule has 55 heavy (non-hydrogen) atoms. The molecule has 1 aliphatic carbocycles. The third kappa shape index (κ3) is 6.57. The molecule has 2 unspecified atom stereocenters. The molecule has 7 atom stereocenters. The molecule has 6 aromatic rings. The average Bonchev–Trinajstić information content (AvgIpc) is 4.03. The number of aliphatic hydroxyl groups is 3. The summed E-state index contributed by atoms with van der Waals surface area (Å²) in [7, 11) is 0. The number of imidazole rings is 2. The lowest BCUT2D eigenvalue weighted by Crippen LogP contribution is -2.33. The van der Waals surface area contributed by atoms with Gasteiger partial charge in [0.1, 0.15) is 24.4 Å². The van der Waals surface area contributed by atoms with Crippen molar-refractivity contribution in [3.63, 3.8) is 0 Å². The summed E-state index contributed by atoms with van der Waals surface area (Å²) < 4.78 is 15.3. The number of tetrazole rings is 2. The molecule has 0 bridgehead atoms. The Morgan fingerprint density at radius 3 is 1.78 bits per heavy atom. The van der Waals surface area contributed by atoms with Gasteiger partial charge in [0.25, 0.3) is 0 Å². The van der Waals surface area contributed by atoms with Gasteiger partial charge in [-0.3, -0.25) is 9.13 Å². The highest BCUT2D eigenvalue weighted by Crippen LogP contribution is 2.41. The summed E-state index contributed by atoms with van der Waals surface area (Å²) in [5.74, 6) is 1.46. The van der Waals surface area contributed by atoms with E-state index < -0.39 is 43.0 Å². The Kier molecular flexibility index (Phi) is 9.38. The number of anilines is 2. The average molecular weight is 800 g/mol. The first-order chi connectivity index (χ1) is 26.7. The van der Waals surface area contributed by atoms with Gasteiger partial charge in [0.2, 0.25) is 22.2 Å². The fraction of sp³-hybridized carbons (Fsp3) is 0.600. The standard InChI is InChI=1S/C30H36Cl2N18O5/c1-3-49-43-21(41-45-49)15-9-14(51)27(54-15)47-10-33-16-22(37-29(31)39-25(16)47)35-12-5-7-13(8-6-12)36-23-17-26(40-30(32)38-23)48(11-34-17)28-19(53)18(52)20(55-28)24-42-46-50(4-2)44-24/h10-15,18-20,27-28,51-53H,3-9H2,1-2H3,(H,35,37,39)(H,36,38,40)/t12?,13?,14-,15+,18+,19-,20+,27?,28?/m1/s1. The number of ether oxygens (including phenoxy) is 2. The molecule has 3 aliphatic rings. The van der Waals surface area contributed by atoms with Gasteiger partial charge in [-0.2, -0.15) is 29.5 Å². The molecule has 0 spiro atoms. The monoisotopic (exact) mass is 798 g/mol. The van der Waals surface area contributed by atoms with Gasteiger partial charge in [-0.15, -0.1) is 20.4 Å². The molecule has 3 fully saturated rings. The van der Waals surface area contributed by atoms with Gasteiger partial charge in [-0.05, 0) is 73.2 Å². The third-order valence-corrected chi connectivity index (χ3v) is 10.5. The second-order valence-corrected chi connectivity index (χ2v) is 14.3. The Morgan fingerprint density at radius 1 is 0.709 bits per heavy atom. The van der Waals surface area contributed by atoms with E-state index in [1.165, 1.54) is 20.5 Å². The van der Waals surface area contributed by atoms with Gasteiger partial charge in [-0.25, -0.2) is 9.97 Å². The lowest BCUT2D eigenvalue weighted by molar-refractivity contribution is -0.0384. The summed E-state index contributed by atoms with van der Waals surface area (Å²) in [5.41, 5.74) is 1.65. The highest BCUT2D eigenvalue weighted by molar-refractivity contribution is 6.29. The van der Waals surface area contributed by atoms with Gasteiger partial charge >= 0.3 is 0 Å². The minimum absolute atomic E-state index is 0.0225. The van der Waals surface area contributed by atoms with E-state index in [1.807, 2.05) is 13.8 Å². The van der Waals surface area contributed by atoms with Crippen molar-refractivity contribution in [3.8, 4) is 0 Å². The molecule has 2 saturated heterocycles. The van der Waals surface area contributed by atoms with Crippen LogP contribution in [0.4, 0.5) is 11.6 Å². The zero-order valence-corrected chi connectivity index (χ0v) is 30.9. The molecule has 25 heteroatoms. The number of nitrogens with one attached hydrogen (secondary N) is 2. The topological polar surface area (TPSA) is 278 Å². The van der Waals surface area contributed by atoms with Crippen LogP contribution in [0.1, 0.15) is 82.3 Å². The molecule has 6 aromatic heterocycles. The quantitative estimate of drug-likeness (QED) is 0.121. The molecule has 9 rings (SSSR count). The minimum atomic E-state index is -1.34. The Bertz CT molecular complexity index is 2330. The molecular weight excluding hydrogens is 763 g/mol. The lowest BCUT2D eigenvalue weighted by atomic mass is 9.91. The normalized spacial score (nSPS) is 28.5. The van der Waals surface area contributed by atoms with E-state index in [9.17, 15) is 15.3 Å². The van der Waals surface area contributed by atoms with Crippen LogP contribution >= 0.6 is 23.2 Å². The molecule has 1 saturated carbocycles. The molecular formula is C30H36Cl2N18O5. The van der Waals surface area contributed by atoms with E-state index in [2.05, 4.69) is 71.4 Å². The van der Waals surface area contributed by atoms with Crippen molar-refractivity contribution in [2.75, 3.05) is 10.6 Å². The van der Waals surface area contributed by atoms with Crippen LogP contribution in [0.25, 0.3) is 22.3 Å². The van der Waals surface area contributed by atoms with Gasteiger partial charge in [0.05, 0.1) is 25.7 Å². The summed E-state index contributed by atoms with van der Waals surface area (Å²) in [6.07, 6.45) is -0.554. The van der Waals surface area contributed by atoms with E-state index in [-0.39, 0.29) is 34.9 Å². The number of nitrogens with zero attached hydrogens (tertiary/aromatic N) is 16. The van der Waals surface area contributed by atoms with Crippen LogP contribution in [0.3, 0.4) is 0 Å². The van der Waals surface area contributed by atoms with Crippen LogP contribution < -0.4 is 10.6 Å². The van der Waals surface area contributed by atoms with Gasteiger partial charge in [0.15, 0.2) is 52.5 Å². The van der Waals surface area contributed by atoms with E-state index in [4.69, 9.17) is 32.7 Å². The predicted octanol–water partition coefficient (Wildman–Crippen LogP) is 1.13. The first kappa shape index (κ1) is 35.9. The molecule has 0 radical (unpaired) electrons. The van der Waals surface area contributed by atoms with Crippen molar-refractivity contribution < 1.29 is 24.8 Å². The zero-order valence-electron chi connectivity index (χ0n) is 29.4. The first-order valence-electron chi connectivity index (χ1n) is 17.9. The second kappa shape index (κ2) is 14.4. The smallest absolute Gasteiger partial charge is 0.226 e. The molecule has 8 heterocycles. The molecule has 23 nitrogen and oxygen atoms in total. The Morgan fingerprint density at radius 2 is 1.24 bits per heavy atom. The number of hydrogen-bond donors (Lipinski definition) is 5. The largest absolute Gasteiger partial charge is 0.388 e. The first-order valence-corrected chi connectivity index (χ1v) is 18.7. The highest BCUT2D eigenvalue weighted by atomic mass is 35.5. The molecule has 290 valence electrons. The van der Waals surface area contributed by atoms with Crippen molar-refractivity contribution in [2.24, 2.45) is 0 Å². The maximum Gasteiger partial charge on any atom is 0.226 e. The number of fused-ring (bicyclic) bond motifs is 2. The van der Waals surface area contributed by atoms with Crippen molar-refractivity contribution in [3.05, 3.63) is 34.9 Å².